The molecule has 0 unspecified atom stereocenters. The molecule has 0 saturated heterocycles. The highest BCUT2D eigenvalue weighted by Gasteiger charge is 2.39. The van der Waals surface area contributed by atoms with E-state index in [4.69, 9.17) is 0 Å². The van der Waals surface area contributed by atoms with E-state index in [2.05, 4.69) is 10.6 Å². The molecule has 0 bridgehead atoms. The van der Waals surface area contributed by atoms with Crippen LogP contribution < -0.4 is 10.6 Å². The predicted octanol–water partition coefficient (Wildman–Crippen LogP) is 0.500. The highest BCUT2D eigenvalue weighted by Crippen LogP contribution is 2.27. The molecule has 16 heavy (non-hydrogen) atoms. The molecule has 0 aromatic carbocycles. The molecular formula is C11H20N2O3. The van der Waals surface area contributed by atoms with Gasteiger partial charge in [-0.05, 0) is 19.9 Å². The van der Waals surface area contributed by atoms with Crippen molar-refractivity contribution in [1.29, 1.82) is 0 Å². The molecule has 0 aliphatic heterocycles. The first kappa shape index (κ1) is 13.0. The van der Waals surface area contributed by atoms with Crippen molar-refractivity contribution in [2.24, 2.45) is 0 Å². The van der Waals surface area contributed by atoms with Gasteiger partial charge in [0.05, 0.1) is 6.54 Å². The molecule has 5 heteroatoms. The summed E-state index contributed by atoms with van der Waals surface area (Å²) < 4.78 is 0. The van der Waals surface area contributed by atoms with Gasteiger partial charge in [0.25, 0.3) is 0 Å². The largest absolute Gasteiger partial charge is 0.480 e. The summed E-state index contributed by atoms with van der Waals surface area (Å²) in [4.78, 5) is 22.8. The number of hydrogen-bond donors (Lipinski definition) is 3. The van der Waals surface area contributed by atoms with E-state index in [1.165, 1.54) is 0 Å². The van der Waals surface area contributed by atoms with Crippen LogP contribution in [0.2, 0.25) is 0 Å². The minimum Gasteiger partial charge on any atom is -0.480 e. The second kappa shape index (κ2) is 5.84. The number of carboxylic acid groups (broad SMARTS) is 1. The standard InChI is InChI=1S/C11H20N2O3/c1-12-8-9(14)13-11(10(15)16)6-4-2-3-5-7-11/h12H,2-8H2,1H3,(H,13,14)(H,15,16). The lowest BCUT2D eigenvalue weighted by Crippen LogP contribution is -2.55. The summed E-state index contributed by atoms with van der Waals surface area (Å²) in [6.07, 6.45) is 4.92. The van der Waals surface area contributed by atoms with Crippen LogP contribution in [-0.4, -0.2) is 36.1 Å². The number of carbonyl (C=O) groups is 2. The molecule has 1 rings (SSSR count). The number of amides is 1. The average molecular weight is 228 g/mol. The van der Waals surface area contributed by atoms with Gasteiger partial charge in [0.15, 0.2) is 0 Å². The van der Waals surface area contributed by atoms with Gasteiger partial charge in [-0.15, -0.1) is 0 Å². The van der Waals surface area contributed by atoms with Crippen LogP contribution in [-0.2, 0) is 9.59 Å². The van der Waals surface area contributed by atoms with Crippen LogP contribution >= 0.6 is 0 Å². The minimum absolute atomic E-state index is 0.162. The van der Waals surface area contributed by atoms with Gasteiger partial charge in [-0.25, -0.2) is 4.79 Å². The van der Waals surface area contributed by atoms with Crippen molar-refractivity contribution in [3.8, 4) is 0 Å². The Hall–Kier alpha value is -1.10. The Morgan fingerprint density at radius 2 is 1.75 bits per heavy atom. The monoisotopic (exact) mass is 228 g/mol. The van der Waals surface area contributed by atoms with E-state index in [1.54, 1.807) is 7.05 Å². The topological polar surface area (TPSA) is 78.4 Å². The minimum atomic E-state index is -1.04. The number of likely N-dealkylation sites (N-methyl/N-ethyl adjacent to an activating group) is 1. The van der Waals surface area contributed by atoms with E-state index in [1.807, 2.05) is 0 Å². The zero-order valence-electron chi connectivity index (χ0n) is 9.71. The van der Waals surface area contributed by atoms with Gasteiger partial charge in [-0.1, -0.05) is 25.7 Å². The highest BCUT2D eigenvalue weighted by molar-refractivity contribution is 5.87. The number of hydrogen-bond acceptors (Lipinski definition) is 3. The second-order valence-corrected chi connectivity index (χ2v) is 4.38. The fourth-order valence-corrected chi connectivity index (χ4v) is 2.20. The van der Waals surface area contributed by atoms with E-state index in [0.29, 0.717) is 12.8 Å². The lowest BCUT2D eigenvalue weighted by Gasteiger charge is -2.29. The van der Waals surface area contributed by atoms with Crippen LogP contribution in [0, 0.1) is 0 Å². The number of aliphatic carboxylic acids is 1. The van der Waals surface area contributed by atoms with Crippen LogP contribution in [0.1, 0.15) is 38.5 Å². The summed E-state index contributed by atoms with van der Waals surface area (Å²) in [6.45, 7) is 0.162. The molecule has 0 heterocycles. The van der Waals surface area contributed by atoms with E-state index in [9.17, 15) is 14.7 Å². The van der Waals surface area contributed by atoms with Crippen molar-refractivity contribution in [3.05, 3.63) is 0 Å². The van der Waals surface area contributed by atoms with Crippen molar-refractivity contribution in [3.63, 3.8) is 0 Å². The summed E-state index contributed by atoms with van der Waals surface area (Å²) in [5.41, 5.74) is -1.04. The van der Waals surface area contributed by atoms with Crippen molar-refractivity contribution >= 4 is 11.9 Å². The molecule has 1 aliphatic rings. The fraction of sp³-hybridized carbons (Fsp3) is 0.818. The third kappa shape index (κ3) is 3.20. The van der Waals surface area contributed by atoms with Crippen LogP contribution in [0.3, 0.4) is 0 Å². The molecule has 1 amide bonds. The second-order valence-electron chi connectivity index (χ2n) is 4.38. The molecule has 1 fully saturated rings. The van der Waals surface area contributed by atoms with Gasteiger partial charge >= 0.3 is 5.97 Å². The predicted molar refractivity (Wildman–Crippen MR) is 60.1 cm³/mol. The van der Waals surface area contributed by atoms with Gasteiger partial charge < -0.3 is 15.7 Å². The molecule has 0 aromatic rings. The maximum Gasteiger partial charge on any atom is 0.329 e. The first-order chi connectivity index (χ1) is 7.60. The molecule has 1 saturated carbocycles. The molecule has 92 valence electrons. The lowest BCUT2D eigenvalue weighted by atomic mass is 9.90. The van der Waals surface area contributed by atoms with E-state index < -0.39 is 11.5 Å². The molecule has 5 nitrogen and oxygen atoms in total. The Kier molecular flexibility index (Phi) is 4.73. The number of nitrogens with one attached hydrogen (secondary N) is 2. The summed E-state index contributed by atoms with van der Waals surface area (Å²) in [7, 11) is 1.67. The van der Waals surface area contributed by atoms with Crippen molar-refractivity contribution in [2.75, 3.05) is 13.6 Å². The molecule has 0 radical (unpaired) electrons. The smallest absolute Gasteiger partial charge is 0.329 e. The average Bonchev–Trinajstić information content (AvgIpc) is 2.44. The number of carbonyl (C=O) groups excluding carboxylic acids is 1. The van der Waals surface area contributed by atoms with Crippen molar-refractivity contribution in [2.45, 2.75) is 44.1 Å². The van der Waals surface area contributed by atoms with Gasteiger partial charge in [-0.2, -0.15) is 0 Å². The Morgan fingerprint density at radius 1 is 1.19 bits per heavy atom. The Labute approximate surface area is 95.6 Å². The van der Waals surface area contributed by atoms with Crippen LogP contribution in [0.5, 0.6) is 0 Å². The summed E-state index contributed by atoms with van der Waals surface area (Å²) in [5.74, 6) is -1.15. The first-order valence-corrected chi connectivity index (χ1v) is 5.80. The Morgan fingerprint density at radius 3 is 2.19 bits per heavy atom. The van der Waals surface area contributed by atoms with Gasteiger partial charge in [0.2, 0.25) is 5.91 Å². The van der Waals surface area contributed by atoms with Crippen molar-refractivity contribution < 1.29 is 14.7 Å². The third-order valence-electron chi connectivity index (χ3n) is 3.08. The summed E-state index contributed by atoms with van der Waals surface area (Å²) >= 11 is 0. The number of rotatable bonds is 4. The molecule has 0 atom stereocenters. The quantitative estimate of drug-likeness (QED) is 0.612. The van der Waals surface area contributed by atoms with E-state index in [-0.39, 0.29) is 12.5 Å². The zero-order valence-corrected chi connectivity index (χ0v) is 9.71. The van der Waals surface area contributed by atoms with E-state index >= 15 is 0 Å². The van der Waals surface area contributed by atoms with E-state index in [0.717, 1.165) is 25.7 Å². The van der Waals surface area contributed by atoms with Gasteiger partial charge in [-0.3, -0.25) is 4.79 Å². The van der Waals surface area contributed by atoms with Crippen LogP contribution in [0.4, 0.5) is 0 Å². The molecule has 3 N–H and O–H groups in total. The maximum absolute atomic E-state index is 11.5. The highest BCUT2D eigenvalue weighted by atomic mass is 16.4. The maximum atomic E-state index is 11.5. The normalized spacial score (nSPS) is 19.8. The van der Waals surface area contributed by atoms with Gasteiger partial charge in [0, 0.05) is 0 Å². The lowest BCUT2D eigenvalue weighted by molar-refractivity contribution is -0.148. The molecular weight excluding hydrogens is 208 g/mol. The first-order valence-electron chi connectivity index (χ1n) is 5.80. The van der Waals surface area contributed by atoms with Crippen LogP contribution in [0.15, 0.2) is 0 Å². The third-order valence-corrected chi connectivity index (χ3v) is 3.08. The molecule has 1 aliphatic carbocycles. The number of carboxylic acids is 1. The molecule has 0 aromatic heterocycles. The van der Waals surface area contributed by atoms with Gasteiger partial charge in [0.1, 0.15) is 5.54 Å². The Balaban J connectivity index is 2.70. The Bertz CT molecular complexity index is 258. The molecule has 0 spiro atoms. The summed E-state index contributed by atoms with van der Waals surface area (Å²) in [6, 6.07) is 0. The zero-order chi connectivity index (χ0) is 12.0. The van der Waals surface area contributed by atoms with Crippen LogP contribution in [0.25, 0.3) is 0 Å². The summed E-state index contributed by atoms with van der Waals surface area (Å²) in [5, 5.41) is 14.7. The fourth-order valence-electron chi connectivity index (χ4n) is 2.20. The van der Waals surface area contributed by atoms with Crippen molar-refractivity contribution in [1.82, 2.24) is 10.6 Å². The SMILES string of the molecule is CNCC(=O)NC1(C(=O)O)CCCCCC1.